The van der Waals surface area contributed by atoms with Crippen LogP contribution in [0.25, 0.3) is 0 Å². The van der Waals surface area contributed by atoms with Crippen LogP contribution in [0.5, 0.6) is 11.5 Å². The second kappa shape index (κ2) is 6.22. The molecule has 2 fully saturated rings. The van der Waals surface area contributed by atoms with Gasteiger partial charge in [-0.25, -0.2) is 0 Å². The molecule has 0 radical (unpaired) electrons. The molecule has 0 spiro atoms. The highest BCUT2D eigenvalue weighted by atomic mass is 16.5. The van der Waals surface area contributed by atoms with Gasteiger partial charge in [-0.15, -0.1) is 0 Å². The quantitative estimate of drug-likeness (QED) is 0.906. The van der Waals surface area contributed by atoms with Crippen molar-refractivity contribution in [2.24, 2.45) is 5.92 Å². The van der Waals surface area contributed by atoms with Crippen LogP contribution in [0.2, 0.25) is 0 Å². The molecule has 1 N–H and O–H groups in total. The van der Waals surface area contributed by atoms with Crippen LogP contribution in [0.1, 0.15) is 5.56 Å². The molecule has 1 aromatic carbocycles. The van der Waals surface area contributed by atoms with E-state index in [9.17, 15) is 5.11 Å². The highest BCUT2D eigenvalue weighted by Crippen LogP contribution is 2.27. The molecular formula is C16H24N2O3. The Kier molecular flexibility index (Phi) is 4.33. The third-order valence-corrected chi connectivity index (χ3v) is 4.47. The monoisotopic (exact) mass is 292 g/mol. The molecule has 2 aliphatic heterocycles. The number of phenolic OH excluding ortho intramolecular Hbond substituents is 1. The minimum absolute atomic E-state index is 0.213. The third kappa shape index (κ3) is 3.31. The maximum Gasteiger partial charge on any atom is 0.160 e. The SMILES string of the molecule is COc1ccc(CN2C[C@@H]3COC[C@H](C2)N(C)C3)cc1O. The summed E-state index contributed by atoms with van der Waals surface area (Å²) >= 11 is 0. The van der Waals surface area contributed by atoms with Gasteiger partial charge in [0.25, 0.3) is 0 Å². The van der Waals surface area contributed by atoms with Crippen molar-refractivity contribution in [2.75, 3.05) is 47.0 Å². The second-order valence-corrected chi connectivity index (χ2v) is 6.20. The number of rotatable bonds is 3. The predicted octanol–water partition coefficient (Wildman–Crippen LogP) is 1.16. The van der Waals surface area contributed by atoms with E-state index in [0.29, 0.717) is 17.7 Å². The Balaban J connectivity index is 1.71. The molecule has 0 aliphatic carbocycles. The van der Waals surface area contributed by atoms with E-state index in [4.69, 9.17) is 9.47 Å². The van der Waals surface area contributed by atoms with Crippen molar-refractivity contribution in [1.29, 1.82) is 0 Å². The smallest absolute Gasteiger partial charge is 0.160 e. The number of hydrogen-bond acceptors (Lipinski definition) is 5. The zero-order valence-corrected chi connectivity index (χ0v) is 12.8. The molecule has 5 nitrogen and oxygen atoms in total. The largest absolute Gasteiger partial charge is 0.504 e. The van der Waals surface area contributed by atoms with Crippen LogP contribution >= 0.6 is 0 Å². The normalized spacial score (nSPS) is 27.3. The van der Waals surface area contributed by atoms with Crippen molar-refractivity contribution in [2.45, 2.75) is 12.6 Å². The summed E-state index contributed by atoms with van der Waals surface area (Å²) in [6.45, 7) is 5.70. The standard InChI is InChI=1S/C16H24N2O3/c1-17-6-13-8-18(9-14(17)11-21-10-13)7-12-3-4-16(20-2)15(19)5-12/h3-5,13-14,19H,6-11H2,1-2H3/t13-,14+/m1/s1. The molecule has 21 heavy (non-hydrogen) atoms. The molecule has 2 saturated heterocycles. The first-order chi connectivity index (χ1) is 10.2. The third-order valence-electron chi connectivity index (χ3n) is 4.47. The lowest BCUT2D eigenvalue weighted by Crippen LogP contribution is -2.41. The first-order valence-corrected chi connectivity index (χ1v) is 7.52. The number of ether oxygens (including phenoxy) is 2. The fraction of sp³-hybridized carbons (Fsp3) is 0.625. The van der Waals surface area contributed by atoms with E-state index in [0.717, 1.165) is 45.0 Å². The lowest BCUT2D eigenvalue weighted by atomic mass is 10.1. The van der Waals surface area contributed by atoms with E-state index < -0.39 is 0 Å². The Labute approximate surface area is 126 Å². The topological polar surface area (TPSA) is 45.2 Å². The van der Waals surface area contributed by atoms with Crippen molar-refractivity contribution >= 4 is 0 Å². The summed E-state index contributed by atoms with van der Waals surface area (Å²) in [6.07, 6.45) is 0. The van der Waals surface area contributed by atoms with Crippen LogP contribution in [0.4, 0.5) is 0 Å². The van der Waals surface area contributed by atoms with Gasteiger partial charge < -0.3 is 14.6 Å². The summed E-state index contributed by atoms with van der Waals surface area (Å²) in [5.41, 5.74) is 1.12. The van der Waals surface area contributed by atoms with Crippen LogP contribution in [0.15, 0.2) is 18.2 Å². The van der Waals surface area contributed by atoms with Crippen LogP contribution in [-0.2, 0) is 11.3 Å². The maximum atomic E-state index is 9.91. The van der Waals surface area contributed by atoms with Gasteiger partial charge in [-0.2, -0.15) is 0 Å². The number of likely N-dealkylation sites (N-methyl/N-ethyl adjacent to an activating group) is 1. The number of methoxy groups -OCH3 is 1. The van der Waals surface area contributed by atoms with E-state index in [-0.39, 0.29) is 5.75 Å². The fourth-order valence-electron chi connectivity index (χ4n) is 3.37. The second-order valence-electron chi connectivity index (χ2n) is 6.20. The Morgan fingerprint density at radius 3 is 2.90 bits per heavy atom. The highest BCUT2D eigenvalue weighted by molar-refractivity contribution is 5.41. The lowest BCUT2D eigenvalue weighted by Gasteiger charge is -2.29. The summed E-state index contributed by atoms with van der Waals surface area (Å²) in [5, 5.41) is 9.91. The molecule has 2 aliphatic rings. The van der Waals surface area contributed by atoms with Crippen molar-refractivity contribution in [3.8, 4) is 11.5 Å². The summed E-state index contributed by atoms with van der Waals surface area (Å²) in [4.78, 5) is 4.89. The molecule has 0 amide bonds. The molecule has 0 aromatic heterocycles. The Hall–Kier alpha value is -1.30. The van der Waals surface area contributed by atoms with Crippen LogP contribution in [0.3, 0.4) is 0 Å². The van der Waals surface area contributed by atoms with Crippen molar-refractivity contribution in [3.05, 3.63) is 23.8 Å². The number of aromatic hydroxyl groups is 1. The summed E-state index contributed by atoms with van der Waals surface area (Å²) in [7, 11) is 3.76. The number of fused-ring (bicyclic) bond motifs is 3. The molecule has 3 rings (SSSR count). The molecule has 0 saturated carbocycles. The van der Waals surface area contributed by atoms with E-state index in [1.807, 2.05) is 12.1 Å². The maximum absolute atomic E-state index is 9.91. The van der Waals surface area contributed by atoms with Gasteiger partial charge in [-0.05, 0) is 24.7 Å². The predicted molar refractivity (Wildman–Crippen MR) is 80.7 cm³/mol. The average molecular weight is 292 g/mol. The van der Waals surface area contributed by atoms with Gasteiger partial charge in [0.15, 0.2) is 11.5 Å². The first kappa shape index (κ1) is 14.6. The van der Waals surface area contributed by atoms with Gasteiger partial charge in [0.1, 0.15) is 0 Å². The van der Waals surface area contributed by atoms with Crippen LogP contribution < -0.4 is 4.74 Å². The molecule has 116 valence electrons. The van der Waals surface area contributed by atoms with Crippen LogP contribution in [0, 0.1) is 5.92 Å². The first-order valence-electron chi connectivity index (χ1n) is 7.52. The van der Waals surface area contributed by atoms with Gasteiger partial charge in [-0.1, -0.05) is 6.07 Å². The lowest BCUT2D eigenvalue weighted by molar-refractivity contribution is 0.0516. The summed E-state index contributed by atoms with van der Waals surface area (Å²) in [5.74, 6) is 1.31. The van der Waals surface area contributed by atoms with Gasteiger partial charge in [0.2, 0.25) is 0 Å². The van der Waals surface area contributed by atoms with Crippen molar-refractivity contribution in [1.82, 2.24) is 9.80 Å². The van der Waals surface area contributed by atoms with Gasteiger partial charge >= 0.3 is 0 Å². The minimum atomic E-state index is 0.213. The van der Waals surface area contributed by atoms with Gasteiger partial charge in [0.05, 0.1) is 20.3 Å². The van der Waals surface area contributed by atoms with Gasteiger partial charge in [-0.3, -0.25) is 9.80 Å². The number of nitrogens with zero attached hydrogens (tertiary/aromatic N) is 2. The van der Waals surface area contributed by atoms with E-state index in [1.54, 1.807) is 13.2 Å². The van der Waals surface area contributed by atoms with E-state index in [2.05, 4.69) is 16.8 Å². The number of benzene rings is 1. The van der Waals surface area contributed by atoms with Crippen LogP contribution in [-0.4, -0.2) is 68.0 Å². The van der Waals surface area contributed by atoms with Crippen molar-refractivity contribution in [3.63, 3.8) is 0 Å². The zero-order chi connectivity index (χ0) is 14.8. The molecule has 2 heterocycles. The minimum Gasteiger partial charge on any atom is -0.504 e. The molecule has 1 aromatic rings. The zero-order valence-electron chi connectivity index (χ0n) is 12.8. The summed E-state index contributed by atoms with van der Waals surface area (Å²) < 4.78 is 10.9. The van der Waals surface area contributed by atoms with Gasteiger partial charge in [0, 0.05) is 38.1 Å². The van der Waals surface area contributed by atoms with Crippen molar-refractivity contribution < 1.29 is 14.6 Å². The number of phenols is 1. The van der Waals surface area contributed by atoms with E-state index in [1.165, 1.54) is 0 Å². The summed E-state index contributed by atoms with van der Waals surface area (Å²) in [6, 6.07) is 6.13. The molecular weight excluding hydrogens is 268 g/mol. The average Bonchev–Trinajstić information content (AvgIpc) is 2.68. The number of hydrogen-bond donors (Lipinski definition) is 1. The Morgan fingerprint density at radius 2 is 2.14 bits per heavy atom. The Bertz CT molecular complexity index is 494. The molecule has 2 atom stereocenters. The highest BCUT2D eigenvalue weighted by Gasteiger charge is 2.31. The Morgan fingerprint density at radius 1 is 1.29 bits per heavy atom. The molecule has 0 unspecified atom stereocenters. The molecule has 5 heteroatoms. The molecule has 2 bridgehead atoms. The van der Waals surface area contributed by atoms with E-state index >= 15 is 0 Å². The fourth-order valence-corrected chi connectivity index (χ4v) is 3.37.